The second kappa shape index (κ2) is 7.81. The van der Waals surface area contributed by atoms with Gasteiger partial charge in [-0.1, -0.05) is 18.2 Å². The molecule has 2 aromatic rings. The summed E-state index contributed by atoms with van der Waals surface area (Å²) in [6.45, 7) is 8.27. The van der Waals surface area contributed by atoms with Gasteiger partial charge in [0.2, 0.25) is 11.8 Å². The molecule has 0 atom stereocenters. The maximum Gasteiger partial charge on any atom is 0.246 e. The Bertz CT molecular complexity index is 899. The third-order valence-electron chi connectivity index (χ3n) is 5.48. The molecule has 3 heterocycles. The number of hydrogen-bond donors (Lipinski definition) is 2. The molecule has 2 amide bonds. The number of nitrogens with one attached hydrogen (secondary N) is 2. The number of carbonyl (C=O) groups is 2. The average Bonchev–Trinajstić information content (AvgIpc) is 3.13. The summed E-state index contributed by atoms with van der Waals surface area (Å²) in [4.78, 5) is 30.2. The van der Waals surface area contributed by atoms with Gasteiger partial charge in [-0.15, -0.1) is 0 Å². The van der Waals surface area contributed by atoms with Crippen molar-refractivity contribution in [2.45, 2.75) is 6.04 Å². The van der Waals surface area contributed by atoms with E-state index in [1.54, 1.807) is 17.2 Å². The first kappa shape index (κ1) is 18.8. The molecule has 9 heteroatoms. The van der Waals surface area contributed by atoms with Gasteiger partial charge in [0.15, 0.2) is 0 Å². The van der Waals surface area contributed by atoms with Crippen LogP contribution in [0.2, 0.25) is 5.02 Å². The Hall–Kier alpha value is -2.58. The fourth-order valence-electron chi connectivity index (χ4n) is 3.77. The second-order valence-corrected chi connectivity index (χ2v) is 7.60. The van der Waals surface area contributed by atoms with Crippen LogP contribution in [0.25, 0.3) is 10.9 Å². The quantitative estimate of drug-likeness (QED) is 0.733. The number of aromatic nitrogens is 2. The summed E-state index contributed by atoms with van der Waals surface area (Å²) in [5, 5.41) is 11.6. The van der Waals surface area contributed by atoms with Crippen LogP contribution in [0.15, 0.2) is 31.0 Å². The summed E-state index contributed by atoms with van der Waals surface area (Å²) in [5.74, 6) is 0.0490. The van der Waals surface area contributed by atoms with Crippen LogP contribution in [0.5, 0.6) is 0 Å². The van der Waals surface area contributed by atoms with Crippen molar-refractivity contribution in [1.82, 2.24) is 24.9 Å². The van der Waals surface area contributed by atoms with E-state index in [4.69, 9.17) is 11.6 Å². The van der Waals surface area contributed by atoms with Gasteiger partial charge in [0, 0.05) is 55.7 Å². The maximum atomic E-state index is 12.6. The van der Waals surface area contributed by atoms with Crippen LogP contribution in [0, 0.1) is 0 Å². The summed E-state index contributed by atoms with van der Waals surface area (Å²) < 4.78 is 0. The van der Waals surface area contributed by atoms with Gasteiger partial charge in [0.05, 0.1) is 23.9 Å². The Labute approximate surface area is 168 Å². The van der Waals surface area contributed by atoms with E-state index in [1.165, 1.54) is 6.08 Å². The largest absolute Gasteiger partial charge is 0.374 e. The van der Waals surface area contributed by atoms with Crippen LogP contribution in [0.4, 0.5) is 5.69 Å². The molecule has 0 aliphatic carbocycles. The van der Waals surface area contributed by atoms with E-state index in [0.29, 0.717) is 24.2 Å². The van der Waals surface area contributed by atoms with E-state index in [1.807, 2.05) is 11.0 Å². The van der Waals surface area contributed by atoms with Gasteiger partial charge in [0.1, 0.15) is 0 Å². The van der Waals surface area contributed by atoms with Gasteiger partial charge >= 0.3 is 0 Å². The van der Waals surface area contributed by atoms with Crippen molar-refractivity contribution < 1.29 is 9.59 Å². The summed E-state index contributed by atoms with van der Waals surface area (Å²) >= 11 is 6.14. The van der Waals surface area contributed by atoms with E-state index >= 15 is 0 Å². The van der Waals surface area contributed by atoms with Gasteiger partial charge < -0.3 is 15.1 Å². The first-order valence-corrected chi connectivity index (χ1v) is 9.72. The highest BCUT2D eigenvalue weighted by Gasteiger charge is 2.35. The molecule has 2 aliphatic heterocycles. The zero-order valence-electron chi connectivity index (χ0n) is 15.5. The van der Waals surface area contributed by atoms with Crippen LogP contribution >= 0.6 is 11.6 Å². The molecule has 1 aromatic carbocycles. The zero-order valence-corrected chi connectivity index (χ0v) is 16.3. The lowest BCUT2D eigenvalue weighted by molar-refractivity contribution is -0.135. The second-order valence-electron chi connectivity index (χ2n) is 7.16. The smallest absolute Gasteiger partial charge is 0.246 e. The van der Waals surface area contributed by atoms with Gasteiger partial charge in [-0.25, -0.2) is 0 Å². The molecular formula is C19H23ClN6O2. The number of anilines is 1. The number of fused-ring (bicyclic) bond motifs is 1. The monoisotopic (exact) mass is 402 g/mol. The number of nitrogens with zero attached hydrogens (tertiary/aromatic N) is 4. The minimum absolute atomic E-state index is 0.0106. The molecule has 1 aromatic heterocycles. The molecule has 2 aliphatic rings. The summed E-state index contributed by atoms with van der Waals surface area (Å²) in [6, 6.07) is 4.01. The van der Waals surface area contributed by atoms with E-state index in [9.17, 15) is 9.59 Å². The number of piperazine rings is 1. The number of hydrogen-bond acceptors (Lipinski definition) is 5. The standard InChI is InChI=1S/C19H23ClN6O2/c1-2-17(27)26-11-15(12-26)24-3-5-25(6-4-24)18(28)10-21-16-8-14(20)7-13-9-22-23-19(13)16/h2,7-9,15,21H,1,3-6,10-12H2,(H,22,23). The van der Waals surface area contributed by atoms with E-state index < -0.39 is 0 Å². The van der Waals surface area contributed by atoms with E-state index in [2.05, 4.69) is 27.0 Å². The number of likely N-dealkylation sites (tertiary alicyclic amines) is 1. The Balaban J connectivity index is 1.26. The lowest BCUT2D eigenvalue weighted by atomic mass is 10.1. The SMILES string of the molecule is C=CC(=O)N1CC(N2CCN(C(=O)CNc3cc(Cl)cc4cn[nH]c34)CC2)C1. The lowest BCUT2D eigenvalue weighted by Gasteiger charge is -2.47. The first-order valence-electron chi connectivity index (χ1n) is 9.35. The van der Waals surface area contributed by atoms with Gasteiger partial charge in [-0.2, -0.15) is 5.10 Å². The number of H-pyrrole nitrogens is 1. The molecule has 2 saturated heterocycles. The van der Waals surface area contributed by atoms with Crippen molar-refractivity contribution >= 4 is 40.0 Å². The number of benzene rings is 1. The Morgan fingerprint density at radius 1 is 1.25 bits per heavy atom. The Morgan fingerprint density at radius 3 is 2.71 bits per heavy atom. The molecule has 0 saturated carbocycles. The summed E-state index contributed by atoms with van der Waals surface area (Å²) in [5.41, 5.74) is 1.61. The van der Waals surface area contributed by atoms with Crippen molar-refractivity contribution in [2.75, 3.05) is 51.1 Å². The summed E-state index contributed by atoms with van der Waals surface area (Å²) in [6.07, 6.45) is 3.06. The average molecular weight is 403 g/mol. The predicted octanol–water partition coefficient (Wildman–Crippen LogP) is 1.17. The maximum absolute atomic E-state index is 12.6. The topological polar surface area (TPSA) is 84.6 Å². The van der Waals surface area contributed by atoms with Crippen LogP contribution < -0.4 is 5.32 Å². The molecule has 2 N–H and O–H groups in total. The molecule has 0 radical (unpaired) electrons. The third kappa shape index (κ3) is 3.70. The van der Waals surface area contributed by atoms with Gasteiger partial charge in [-0.05, 0) is 18.2 Å². The van der Waals surface area contributed by atoms with Crippen molar-refractivity contribution in [1.29, 1.82) is 0 Å². The highest BCUT2D eigenvalue weighted by molar-refractivity contribution is 6.31. The van der Waals surface area contributed by atoms with Crippen molar-refractivity contribution in [3.63, 3.8) is 0 Å². The first-order chi connectivity index (χ1) is 13.5. The normalized spacial score (nSPS) is 18.2. The van der Waals surface area contributed by atoms with Crippen molar-refractivity contribution in [3.05, 3.63) is 36.0 Å². The number of rotatable bonds is 5. The molecule has 0 bridgehead atoms. The lowest BCUT2D eigenvalue weighted by Crippen LogP contribution is -2.64. The molecule has 8 nitrogen and oxygen atoms in total. The number of amides is 2. The summed E-state index contributed by atoms with van der Waals surface area (Å²) in [7, 11) is 0. The Morgan fingerprint density at radius 2 is 2.00 bits per heavy atom. The third-order valence-corrected chi connectivity index (χ3v) is 5.69. The van der Waals surface area contributed by atoms with Crippen molar-refractivity contribution in [3.8, 4) is 0 Å². The minimum atomic E-state index is -0.0106. The fraction of sp³-hybridized carbons (Fsp3) is 0.421. The Kier molecular flexibility index (Phi) is 5.23. The van der Waals surface area contributed by atoms with E-state index in [0.717, 1.165) is 42.8 Å². The highest BCUT2D eigenvalue weighted by atomic mass is 35.5. The minimum Gasteiger partial charge on any atom is -0.374 e. The van der Waals surface area contributed by atoms with Crippen LogP contribution in [0.1, 0.15) is 0 Å². The molecule has 148 valence electrons. The number of halogens is 1. The van der Waals surface area contributed by atoms with Crippen LogP contribution in [-0.4, -0.2) is 88.6 Å². The van der Waals surface area contributed by atoms with Crippen molar-refractivity contribution in [2.24, 2.45) is 0 Å². The van der Waals surface area contributed by atoms with Crippen LogP contribution in [-0.2, 0) is 9.59 Å². The highest BCUT2D eigenvalue weighted by Crippen LogP contribution is 2.26. The van der Waals surface area contributed by atoms with E-state index in [-0.39, 0.29) is 18.4 Å². The van der Waals surface area contributed by atoms with Gasteiger partial charge in [-0.3, -0.25) is 19.6 Å². The van der Waals surface area contributed by atoms with Gasteiger partial charge in [0.25, 0.3) is 0 Å². The fourth-order valence-corrected chi connectivity index (χ4v) is 4.00. The molecule has 0 unspecified atom stereocenters. The molecule has 4 rings (SSSR count). The molecule has 28 heavy (non-hydrogen) atoms. The molecule has 2 fully saturated rings. The molecule has 0 spiro atoms. The number of aromatic amines is 1. The van der Waals surface area contributed by atoms with Crippen LogP contribution in [0.3, 0.4) is 0 Å². The zero-order chi connectivity index (χ0) is 19.7. The predicted molar refractivity (Wildman–Crippen MR) is 108 cm³/mol. The number of carbonyl (C=O) groups excluding carboxylic acids is 2. The molecular weight excluding hydrogens is 380 g/mol.